The Hall–Kier alpha value is -2.39. The number of rotatable bonds is 6. The van der Waals surface area contributed by atoms with Gasteiger partial charge in [0.15, 0.2) is 0 Å². The molecule has 8 nitrogen and oxygen atoms in total. The topological polar surface area (TPSA) is 110 Å². The predicted molar refractivity (Wildman–Crippen MR) is 84.0 cm³/mol. The van der Waals surface area contributed by atoms with Gasteiger partial charge in [-0.1, -0.05) is 12.1 Å². The summed E-state index contributed by atoms with van der Waals surface area (Å²) in [6.07, 6.45) is 0. The van der Waals surface area contributed by atoms with E-state index in [1.54, 1.807) is 31.2 Å². The third kappa shape index (κ3) is 4.08. The van der Waals surface area contributed by atoms with Gasteiger partial charge in [0, 0.05) is 6.07 Å². The minimum atomic E-state index is -3.36. The fourth-order valence-corrected chi connectivity index (χ4v) is 2.71. The molecule has 0 aliphatic heterocycles. The highest BCUT2D eigenvalue weighted by molar-refractivity contribution is 7.88. The second-order valence-electron chi connectivity index (χ2n) is 4.69. The summed E-state index contributed by atoms with van der Waals surface area (Å²) in [7, 11) is -2.01. The van der Waals surface area contributed by atoms with Crippen LogP contribution in [0.1, 0.15) is 23.0 Å². The van der Waals surface area contributed by atoms with Crippen LogP contribution in [0, 0.1) is 0 Å². The van der Waals surface area contributed by atoms with E-state index in [0.717, 1.165) is 6.07 Å². The number of nitrogens with zero attached hydrogens (tertiary/aromatic N) is 1. The molecule has 0 saturated heterocycles. The molecule has 1 heterocycles. The third-order valence-electron chi connectivity index (χ3n) is 3.08. The number of hydrogen-bond donors (Lipinski definition) is 2. The molecule has 0 amide bonds. The Balaban J connectivity index is 2.26. The van der Waals surface area contributed by atoms with Crippen molar-refractivity contribution >= 4 is 16.0 Å². The van der Waals surface area contributed by atoms with E-state index < -0.39 is 21.6 Å². The Morgan fingerprint density at radius 2 is 1.96 bits per heavy atom. The van der Waals surface area contributed by atoms with E-state index in [9.17, 15) is 18.0 Å². The van der Waals surface area contributed by atoms with E-state index in [2.05, 4.69) is 9.82 Å². The standard InChI is InChI=1S/C14H17N3O5S/c1-3-22-14(19)12-8-13(18)17(16-12)11-6-4-10(5-7-11)9-23(20,21)15-2/h4-8,15-16H,3,9H2,1-2H3. The zero-order valence-corrected chi connectivity index (χ0v) is 13.5. The van der Waals surface area contributed by atoms with Crippen LogP contribution in [0.5, 0.6) is 0 Å². The number of aromatic amines is 1. The average molecular weight is 339 g/mol. The number of carbonyl (C=O) groups excluding carboxylic acids is 1. The molecule has 0 saturated carbocycles. The van der Waals surface area contributed by atoms with Gasteiger partial charge < -0.3 is 4.74 Å². The fraction of sp³-hybridized carbons (Fsp3) is 0.286. The summed E-state index contributed by atoms with van der Waals surface area (Å²) in [5.74, 6) is -0.766. The Morgan fingerprint density at radius 1 is 1.30 bits per heavy atom. The maximum atomic E-state index is 11.9. The maximum absolute atomic E-state index is 11.9. The van der Waals surface area contributed by atoms with Gasteiger partial charge >= 0.3 is 5.97 Å². The summed E-state index contributed by atoms with van der Waals surface area (Å²) in [6, 6.07) is 7.53. The number of ether oxygens (including phenoxy) is 1. The largest absolute Gasteiger partial charge is 0.461 e. The fourth-order valence-electron chi connectivity index (χ4n) is 1.93. The van der Waals surface area contributed by atoms with Gasteiger partial charge in [0.05, 0.1) is 18.0 Å². The number of H-pyrrole nitrogens is 1. The maximum Gasteiger partial charge on any atom is 0.356 e. The first-order valence-corrected chi connectivity index (χ1v) is 8.51. The zero-order chi connectivity index (χ0) is 17.0. The molecular weight excluding hydrogens is 322 g/mol. The van der Waals surface area contributed by atoms with Crippen LogP contribution in [0.25, 0.3) is 5.69 Å². The molecule has 23 heavy (non-hydrogen) atoms. The summed E-state index contributed by atoms with van der Waals surface area (Å²) in [5, 5.41) is 2.66. The number of sulfonamides is 1. The SMILES string of the molecule is CCOC(=O)c1cc(=O)n(-c2ccc(CS(=O)(=O)NC)cc2)[nH]1. The van der Waals surface area contributed by atoms with E-state index in [1.807, 2.05) is 0 Å². The van der Waals surface area contributed by atoms with Crippen molar-refractivity contribution in [2.75, 3.05) is 13.7 Å². The minimum absolute atomic E-state index is 0.0543. The number of carbonyl (C=O) groups is 1. The van der Waals surface area contributed by atoms with Crippen molar-refractivity contribution in [1.29, 1.82) is 0 Å². The summed E-state index contributed by atoms with van der Waals surface area (Å²) in [6.45, 7) is 1.88. The van der Waals surface area contributed by atoms with Crippen LogP contribution in [0.2, 0.25) is 0 Å². The molecule has 1 aromatic carbocycles. The number of benzene rings is 1. The lowest BCUT2D eigenvalue weighted by molar-refractivity contribution is 0.0519. The Kier molecular flexibility index (Phi) is 5.02. The highest BCUT2D eigenvalue weighted by Crippen LogP contribution is 2.10. The van der Waals surface area contributed by atoms with Gasteiger partial charge in [0.25, 0.3) is 5.56 Å². The zero-order valence-electron chi connectivity index (χ0n) is 12.7. The quantitative estimate of drug-likeness (QED) is 0.740. The predicted octanol–water partition coefficient (Wildman–Crippen LogP) is 0.391. The van der Waals surface area contributed by atoms with Gasteiger partial charge in [-0.15, -0.1) is 0 Å². The average Bonchev–Trinajstić information content (AvgIpc) is 2.90. The first kappa shape index (κ1) is 17.0. The van der Waals surface area contributed by atoms with Crippen molar-refractivity contribution in [3.63, 3.8) is 0 Å². The van der Waals surface area contributed by atoms with E-state index in [0.29, 0.717) is 11.3 Å². The Labute approximate surface area is 133 Å². The van der Waals surface area contributed by atoms with Gasteiger partial charge in [0.2, 0.25) is 10.0 Å². The molecule has 2 N–H and O–H groups in total. The normalized spacial score (nSPS) is 11.4. The van der Waals surface area contributed by atoms with E-state index in [1.165, 1.54) is 11.7 Å². The van der Waals surface area contributed by atoms with Gasteiger partial charge in [-0.25, -0.2) is 22.6 Å². The Bertz CT molecular complexity index is 849. The highest BCUT2D eigenvalue weighted by Gasteiger charge is 2.13. The summed E-state index contributed by atoms with van der Waals surface area (Å²) < 4.78 is 31.2. The minimum Gasteiger partial charge on any atom is -0.461 e. The first-order chi connectivity index (χ1) is 10.9. The van der Waals surface area contributed by atoms with Crippen molar-refractivity contribution in [2.45, 2.75) is 12.7 Å². The van der Waals surface area contributed by atoms with E-state index >= 15 is 0 Å². The second kappa shape index (κ2) is 6.80. The summed E-state index contributed by atoms with van der Waals surface area (Å²) in [4.78, 5) is 23.5. The van der Waals surface area contributed by atoms with Crippen LogP contribution in [0.4, 0.5) is 0 Å². The van der Waals surface area contributed by atoms with E-state index in [-0.39, 0.29) is 18.1 Å². The van der Waals surface area contributed by atoms with Crippen LogP contribution >= 0.6 is 0 Å². The second-order valence-corrected chi connectivity index (χ2v) is 6.62. The molecule has 0 unspecified atom stereocenters. The highest BCUT2D eigenvalue weighted by atomic mass is 32.2. The van der Waals surface area contributed by atoms with Crippen LogP contribution in [0.15, 0.2) is 35.1 Å². The van der Waals surface area contributed by atoms with E-state index in [4.69, 9.17) is 4.74 Å². The molecule has 2 rings (SSSR count). The lowest BCUT2D eigenvalue weighted by Gasteiger charge is -2.05. The summed E-state index contributed by atoms with van der Waals surface area (Å²) >= 11 is 0. The van der Waals surface area contributed by atoms with Gasteiger partial charge in [0.1, 0.15) is 5.69 Å². The third-order valence-corrected chi connectivity index (χ3v) is 4.41. The van der Waals surface area contributed by atoms with Crippen molar-refractivity contribution in [1.82, 2.24) is 14.5 Å². The molecule has 0 aliphatic rings. The van der Waals surface area contributed by atoms with Crippen LogP contribution in [-0.4, -0.2) is 37.8 Å². The molecule has 0 fully saturated rings. The van der Waals surface area contributed by atoms with Gasteiger partial charge in [-0.3, -0.25) is 9.89 Å². The Morgan fingerprint density at radius 3 is 2.52 bits per heavy atom. The van der Waals surface area contributed by atoms with Crippen molar-refractivity contribution < 1.29 is 17.9 Å². The molecule has 0 spiro atoms. The lowest BCUT2D eigenvalue weighted by atomic mass is 10.2. The number of aromatic nitrogens is 2. The molecule has 2 aromatic rings. The molecule has 1 aromatic heterocycles. The van der Waals surface area contributed by atoms with Crippen molar-refractivity contribution in [3.05, 3.63) is 51.9 Å². The van der Waals surface area contributed by atoms with Crippen LogP contribution < -0.4 is 10.3 Å². The van der Waals surface area contributed by atoms with Crippen molar-refractivity contribution in [2.24, 2.45) is 0 Å². The number of hydrogen-bond acceptors (Lipinski definition) is 5. The van der Waals surface area contributed by atoms with Crippen molar-refractivity contribution in [3.8, 4) is 5.69 Å². The van der Waals surface area contributed by atoms with Gasteiger partial charge in [-0.2, -0.15) is 0 Å². The number of esters is 1. The number of nitrogens with one attached hydrogen (secondary N) is 2. The molecule has 9 heteroatoms. The monoisotopic (exact) mass is 339 g/mol. The molecule has 124 valence electrons. The van der Waals surface area contributed by atoms with Gasteiger partial charge in [-0.05, 0) is 31.7 Å². The molecule has 0 aliphatic carbocycles. The smallest absolute Gasteiger partial charge is 0.356 e. The lowest BCUT2D eigenvalue weighted by Crippen LogP contribution is -2.20. The molecular formula is C14H17N3O5S. The molecule has 0 atom stereocenters. The van der Waals surface area contributed by atoms with Crippen LogP contribution in [0.3, 0.4) is 0 Å². The summed E-state index contributed by atoms with van der Waals surface area (Å²) in [5.41, 5.74) is 0.701. The molecule has 0 radical (unpaired) electrons. The first-order valence-electron chi connectivity index (χ1n) is 6.86. The van der Waals surface area contributed by atoms with Crippen LogP contribution in [-0.2, 0) is 20.5 Å². The molecule has 0 bridgehead atoms.